The summed E-state index contributed by atoms with van der Waals surface area (Å²) in [6.07, 6.45) is 3.28. The second kappa shape index (κ2) is 6.64. The Balaban J connectivity index is 1.85. The minimum absolute atomic E-state index is 0.00956. The number of benzene rings is 1. The van der Waals surface area contributed by atoms with Gasteiger partial charge in [0.25, 0.3) is 0 Å². The summed E-state index contributed by atoms with van der Waals surface area (Å²) in [6.45, 7) is 0.849. The van der Waals surface area contributed by atoms with Crippen LogP contribution in [0.2, 0.25) is 0 Å². The molecule has 0 saturated carbocycles. The van der Waals surface area contributed by atoms with E-state index in [1.54, 1.807) is 14.2 Å². The Labute approximate surface area is 134 Å². The first-order valence-corrected chi connectivity index (χ1v) is 7.45. The molecule has 1 fully saturated rings. The van der Waals surface area contributed by atoms with Crippen LogP contribution in [0.25, 0.3) is 0 Å². The second-order valence-electron chi connectivity index (χ2n) is 5.36. The third kappa shape index (κ3) is 3.10. The molecule has 2 aromatic rings. The summed E-state index contributed by atoms with van der Waals surface area (Å²) >= 11 is 0. The highest BCUT2D eigenvalue weighted by Gasteiger charge is 2.32. The van der Waals surface area contributed by atoms with Gasteiger partial charge in [-0.05, 0) is 41.5 Å². The Bertz CT molecular complexity index is 674. The van der Waals surface area contributed by atoms with Crippen LogP contribution in [-0.2, 0) is 11.3 Å². The van der Waals surface area contributed by atoms with Crippen molar-refractivity contribution >= 4 is 5.91 Å². The molecule has 8 nitrogen and oxygen atoms in total. The number of hydrogen-bond donors (Lipinski definition) is 0. The minimum atomic E-state index is -0.0240. The van der Waals surface area contributed by atoms with Crippen molar-refractivity contribution in [3.63, 3.8) is 0 Å². The normalized spacial score (nSPS) is 17.3. The molecular formula is C15H19N5O3. The van der Waals surface area contributed by atoms with E-state index in [0.717, 1.165) is 29.9 Å². The van der Waals surface area contributed by atoms with Gasteiger partial charge in [-0.25, -0.2) is 4.68 Å². The average Bonchev–Trinajstić information content (AvgIpc) is 3.25. The number of tetrazole rings is 1. The first-order valence-electron chi connectivity index (χ1n) is 7.45. The zero-order valence-electron chi connectivity index (χ0n) is 13.2. The molecule has 3 rings (SSSR count). The van der Waals surface area contributed by atoms with E-state index in [-0.39, 0.29) is 18.5 Å². The van der Waals surface area contributed by atoms with Crippen LogP contribution in [-0.4, -0.2) is 51.8 Å². The molecule has 2 heterocycles. The Morgan fingerprint density at radius 2 is 2.22 bits per heavy atom. The summed E-state index contributed by atoms with van der Waals surface area (Å²) in [5.41, 5.74) is 0.967. The average molecular weight is 317 g/mol. The van der Waals surface area contributed by atoms with Gasteiger partial charge >= 0.3 is 0 Å². The standard InChI is InChI=1S/C15H19N5O3/c1-22-11-5-6-14(23-2)12(8-11)13-4-3-7-20(13)15(21)9-19-10-16-17-18-19/h5-6,8,10,13H,3-4,7,9H2,1-2H3/t13-/m1/s1. The number of carbonyl (C=O) groups excluding carboxylic acids is 1. The van der Waals surface area contributed by atoms with Crippen molar-refractivity contribution in [3.8, 4) is 11.5 Å². The van der Waals surface area contributed by atoms with Gasteiger partial charge in [-0.15, -0.1) is 5.10 Å². The van der Waals surface area contributed by atoms with Crippen molar-refractivity contribution in [1.29, 1.82) is 0 Å². The molecule has 0 bridgehead atoms. The summed E-state index contributed by atoms with van der Waals surface area (Å²) < 4.78 is 12.2. The highest BCUT2D eigenvalue weighted by atomic mass is 16.5. The Morgan fingerprint density at radius 1 is 1.35 bits per heavy atom. The molecule has 1 atom stereocenters. The van der Waals surface area contributed by atoms with Gasteiger partial charge in [0.15, 0.2) is 0 Å². The van der Waals surface area contributed by atoms with Crippen molar-refractivity contribution in [3.05, 3.63) is 30.1 Å². The number of hydrogen-bond acceptors (Lipinski definition) is 6. The molecule has 0 spiro atoms. The van der Waals surface area contributed by atoms with E-state index in [9.17, 15) is 4.79 Å². The number of rotatable bonds is 5. The molecule has 0 radical (unpaired) electrons. The molecule has 23 heavy (non-hydrogen) atoms. The lowest BCUT2D eigenvalue weighted by atomic mass is 10.0. The lowest BCUT2D eigenvalue weighted by Gasteiger charge is -2.26. The van der Waals surface area contributed by atoms with Crippen molar-refractivity contribution < 1.29 is 14.3 Å². The van der Waals surface area contributed by atoms with E-state index in [1.165, 1.54) is 11.0 Å². The molecule has 1 aliphatic heterocycles. The fraction of sp³-hybridized carbons (Fsp3) is 0.467. The van der Waals surface area contributed by atoms with Gasteiger partial charge in [-0.3, -0.25) is 4.79 Å². The van der Waals surface area contributed by atoms with E-state index in [0.29, 0.717) is 6.54 Å². The summed E-state index contributed by atoms with van der Waals surface area (Å²) in [7, 11) is 3.26. The van der Waals surface area contributed by atoms with Gasteiger partial charge < -0.3 is 14.4 Å². The number of nitrogens with zero attached hydrogens (tertiary/aromatic N) is 5. The maximum atomic E-state index is 12.6. The van der Waals surface area contributed by atoms with Gasteiger partial charge in [0.2, 0.25) is 5.91 Å². The molecule has 1 aliphatic rings. The first-order chi connectivity index (χ1) is 11.2. The zero-order valence-corrected chi connectivity index (χ0v) is 13.2. The quantitative estimate of drug-likeness (QED) is 0.820. The molecule has 0 aliphatic carbocycles. The van der Waals surface area contributed by atoms with Crippen LogP contribution in [0.15, 0.2) is 24.5 Å². The van der Waals surface area contributed by atoms with Crippen molar-refractivity contribution in [2.75, 3.05) is 20.8 Å². The maximum Gasteiger partial charge on any atom is 0.244 e. The fourth-order valence-electron chi connectivity index (χ4n) is 2.97. The topological polar surface area (TPSA) is 82.4 Å². The largest absolute Gasteiger partial charge is 0.497 e. The summed E-state index contributed by atoms with van der Waals surface area (Å²) in [6, 6.07) is 5.64. The van der Waals surface area contributed by atoms with Gasteiger partial charge in [-0.2, -0.15) is 0 Å². The Morgan fingerprint density at radius 3 is 2.91 bits per heavy atom. The smallest absolute Gasteiger partial charge is 0.244 e. The Kier molecular flexibility index (Phi) is 4.40. The number of carbonyl (C=O) groups is 1. The van der Waals surface area contributed by atoms with E-state index < -0.39 is 0 Å². The number of aromatic nitrogens is 4. The van der Waals surface area contributed by atoms with Crippen LogP contribution in [0.5, 0.6) is 11.5 Å². The van der Waals surface area contributed by atoms with Crippen molar-refractivity contribution in [2.45, 2.75) is 25.4 Å². The van der Waals surface area contributed by atoms with E-state index in [2.05, 4.69) is 15.5 Å². The lowest BCUT2D eigenvalue weighted by Crippen LogP contribution is -2.33. The zero-order chi connectivity index (χ0) is 16.2. The van der Waals surface area contributed by atoms with Crippen LogP contribution in [0.1, 0.15) is 24.4 Å². The number of amides is 1. The second-order valence-corrected chi connectivity index (χ2v) is 5.36. The SMILES string of the molecule is COc1ccc(OC)c([C@H]2CCCN2C(=O)Cn2cnnn2)c1. The van der Waals surface area contributed by atoms with Crippen LogP contribution < -0.4 is 9.47 Å². The van der Waals surface area contributed by atoms with E-state index in [1.807, 2.05) is 23.1 Å². The summed E-state index contributed by atoms with van der Waals surface area (Å²) in [5, 5.41) is 10.9. The highest BCUT2D eigenvalue weighted by molar-refractivity contribution is 5.77. The van der Waals surface area contributed by atoms with Gasteiger partial charge in [-0.1, -0.05) is 0 Å². The van der Waals surface area contributed by atoms with E-state index >= 15 is 0 Å². The highest BCUT2D eigenvalue weighted by Crippen LogP contribution is 2.38. The van der Waals surface area contributed by atoms with Crippen LogP contribution in [0.3, 0.4) is 0 Å². The molecule has 1 saturated heterocycles. The number of ether oxygens (including phenoxy) is 2. The minimum Gasteiger partial charge on any atom is -0.497 e. The molecule has 122 valence electrons. The number of methoxy groups -OCH3 is 2. The molecule has 0 N–H and O–H groups in total. The molecule has 1 aromatic carbocycles. The summed E-state index contributed by atoms with van der Waals surface area (Å²) in [5.74, 6) is 1.50. The maximum absolute atomic E-state index is 12.6. The molecular weight excluding hydrogens is 298 g/mol. The van der Waals surface area contributed by atoms with Crippen LogP contribution in [0, 0.1) is 0 Å². The van der Waals surface area contributed by atoms with Gasteiger partial charge in [0.1, 0.15) is 24.4 Å². The predicted molar refractivity (Wildman–Crippen MR) is 81.1 cm³/mol. The van der Waals surface area contributed by atoms with Gasteiger partial charge in [0.05, 0.1) is 20.3 Å². The molecule has 8 heteroatoms. The summed E-state index contributed by atoms with van der Waals surface area (Å²) in [4.78, 5) is 14.4. The predicted octanol–water partition coefficient (Wildman–Crippen LogP) is 1.05. The Hall–Kier alpha value is -2.64. The van der Waals surface area contributed by atoms with Crippen molar-refractivity contribution in [1.82, 2.24) is 25.1 Å². The monoisotopic (exact) mass is 317 g/mol. The molecule has 1 aromatic heterocycles. The fourth-order valence-corrected chi connectivity index (χ4v) is 2.97. The van der Waals surface area contributed by atoms with Crippen LogP contribution in [0.4, 0.5) is 0 Å². The van der Waals surface area contributed by atoms with Crippen LogP contribution >= 0.6 is 0 Å². The number of likely N-dealkylation sites (tertiary alicyclic amines) is 1. The first kappa shape index (κ1) is 15.3. The molecule has 1 amide bonds. The third-order valence-electron chi connectivity index (χ3n) is 4.06. The third-order valence-corrected chi connectivity index (χ3v) is 4.06. The van der Waals surface area contributed by atoms with Crippen molar-refractivity contribution in [2.24, 2.45) is 0 Å². The van der Waals surface area contributed by atoms with E-state index in [4.69, 9.17) is 9.47 Å². The lowest BCUT2D eigenvalue weighted by molar-refractivity contribution is -0.133. The van der Waals surface area contributed by atoms with Gasteiger partial charge in [0, 0.05) is 12.1 Å². The molecule has 0 unspecified atom stereocenters.